The van der Waals surface area contributed by atoms with Crippen molar-refractivity contribution >= 4 is 5.91 Å². The van der Waals surface area contributed by atoms with Crippen LogP contribution in [0, 0.1) is 0 Å². The predicted molar refractivity (Wildman–Crippen MR) is 60.0 cm³/mol. The molecule has 1 fully saturated rings. The van der Waals surface area contributed by atoms with Crippen LogP contribution in [0.25, 0.3) is 0 Å². The summed E-state index contributed by atoms with van der Waals surface area (Å²) in [6, 6.07) is 0.271. The van der Waals surface area contributed by atoms with Gasteiger partial charge in [-0.1, -0.05) is 6.42 Å². The summed E-state index contributed by atoms with van der Waals surface area (Å²) in [5, 5.41) is 10.6. The summed E-state index contributed by atoms with van der Waals surface area (Å²) < 4.78 is 35.8. The molecular formula is C11H19F3N2O2. The lowest BCUT2D eigenvalue weighted by molar-refractivity contribution is -0.139. The molecule has 1 aliphatic carbocycles. The highest BCUT2D eigenvalue weighted by Gasteiger charge is 2.29. The summed E-state index contributed by atoms with van der Waals surface area (Å²) in [5.41, 5.74) is 0. The molecule has 0 spiro atoms. The molecule has 0 atom stereocenters. The van der Waals surface area contributed by atoms with Gasteiger partial charge in [-0.25, -0.2) is 0 Å². The molecule has 0 heterocycles. The van der Waals surface area contributed by atoms with Gasteiger partial charge in [-0.2, -0.15) is 13.2 Å². The van der Waals surface area contributed by atoms with Crippen molar-refractivity contribution in [3.63, 3.8) is 0 Å². The van der Waals surface area contributed by atoms with Crippen LogP contribution >= 0.6 is 0 Å². The first-order valence-electron chi connectivity index (χ1n) is 6.11. The van der Waals surface area contributed by atoms with Gasteiger partial charge in [0.05, 0.1) is 6.54 Å². The number of alkyl halides is 3. The Labute approximate surface area is 104 Å². The van der Waals surface area contributed by atoms with Crippen LogP contribution in [0.4, 0.5) is 13.2 Å². The molecule has 0 saturated heterocycles. The van der Waals surface area contributed by atoms with Crippen molar-refractivity contribution in [2.45, 2.75) is 37.9 Å². The van der Waals surface area contributed by atoms with E-state index in [2.05, 4.69) is 0 Å². The number of nitrogens with zero attached hydrogens (tertiary/aromatic N) is 1. The molecule has 1 aliphatic rings. The van der Waals surface area contributed by atoms with Crippen molar-refractivity contribution in [2.75, 3.05) is 26.2 Å². The molecule has 0 radical (unpaired) electrons. The molecule has 1 amide bonds. The molecule has 1 rings (SSSR count). The number of aliphatic hydroxyl groups is 1. The van der Waals surface area contributed by atoms with Gasteiger partial charge in [0.25, 0.3) is 0 Å². The van der Waals surface area contributed by atoms with E-state index in [9.17, 15) is 18.0 Å². The number of rotatable bonds is 7. The fourth-order valence-electron chi connectivity index (χ4n) is 1.86. The van der Waals surface area contributed by atoms with Crippen molar-refractivity contribution in [1.29, 1.82) is 0 Å². The smallest absolute Gasteiger partial charge is 0.396 e. The fraction of sp³-hybridized carbons (Fsp3) is 0.909. The van der Waals surface area contributed by atoms with Gasteiger partial charge in [0, 0.05) is 19.2 Å². The van der Waals surface area contributed by atoms with Crippen molar-refractivity contribution < 1.29 is 23.1 Å². The number of hydrogen-bond acceptors (Lipinski definition) is 3. The standard InChI is InChI=1S/C11H19F3N2O2/c12-11(13,14)8-15-10(18)7-16(5-2-6-17)9-3-1-4-9/h9,17H,1-8H2,(H,15,18). The van der Waals surface area contributed by atoms with Crippen molar-refractivity contribution in [3.8, 4) is 0 Å². The molecule has 2 N–H and O–H groups in total. The average molecular weight is 268 g/mol. The van der Waals surface area contributed by atoms with E-state index < -0.39 is 18.6 Å². The molecule has 4 nitrogen and oxygen atoms in total. The van der Waals surface area contributed by atoms with E-state index in [-0.39, 0.29) is 19.2 Å². The van der Waals surface area contributed by atoms with Crippen molar-refractivity contribution in [2.24, 2.45) is 0 Å². The minimum absolute atomic E-state index is 0.0212. The van der Waals surface area contributed by atoms with Gasteiger partial charge in [-0.3, -0.25) is 9.69 Å². The van der Waals surface area contributed by atoms with Crippen LogP contribution in [0.2, 0.25) is 0 Å². The fourth-order valence-corrected chi connectivity index (χ4v) is 1.86. The maximum Gasteiger partial charge on any atom is 0.405 e. The quantitative estimate of drug-likeness (QED) is 0.721. The molecule has 1 saturated carbocycles. The highest BCUT2D eigenvalue weighted by molar-refractivity contribution is 5.78. The average Bonchev–Trinajstić information content (AvgIpc) is 2.19. The maximum atomic E-state index is 11.9. The number of hydrogen-bond donors (Lipinski definition) is 2. The largest absolute Gasteiger partial charge is 0.405 e. The SMILES string of the molecule is O=C(CN(CCCO)C1CCC1)NCC(F)(F)F. The monoisotopic (exact) mass is 268 g/mol. The Bertz CT molecular complexity index is 268. The molecule has 7 heteroatoms. The van der Waals surface area contributed by atoms with E-state index in [1.807, 2.05) is 10.2 Å². The first-order chi connectivity index (χ1) is 8.42. The molecule has 106 valence electrons. The summed E-state index contributed by atoms with van der Waals surface area (Å²) in [6.07, 6.45) is -0.814. The number of halogens is 3. The molecular weight excluding hydrogens is 249 g/mol. The first-order valence-corrected chi connectivity index (χ1v) is 6.11. The number of carbonyl (C=O) groups is 1. The van der Waals surface area contributed by atoms with Crippen LogP contribution in [0.3, 0.4) is 0 Å². The predicted octanol–water partition coefficient (Wildman–Crippen LogP) is 0.902. The van der Waals surface area contributed by atoms with E-state index in [0.717, 1.165) is 19.3 Å². The lowest BCUT2D eigenvalue weighted by Gasteiger charge is -2.37. The van der Waals surface area contributed by atoms with Crippen molar-refractivity contribution in [1.82, 2.24) is 10.2 Å². The first kappa shape index (κ1) is 15.2. The Morgan fingerprint density at radius 2 is 2.06 bits per heavy atom. The van der Waals surface area contributed by atoms with Gasteiger partial charge in [0.2, 0.25) is 5.91 Å². The Morgan fingerprint density at radius 3 is 2.50 bits per heavy atom. The van der Waals surface area contributed by atoms with E-state index in [4.69, 9.17) is 5.11 Å². The summed E-state index contributed by atoms with van der Waals surface area (Å²) in [6.45, 7) is -0.751. The third kappa shape index (κ3) is 5.68. The number of amides is 1. The highest BCUT2D eigenvalue weighted by Crippen LogP contribution is 2.24. The molecule has 0 aliphatic heterocycles. The summed E-state index contributed by atoms with van der Waals surface area (Å²) >= 11 is 0. The summed E-state index contributed by atoms with van der Waals surface area (Å²) in [4.78, 5) is 13.2. The topological polar surface area (TPSA) is 52.6 Å². The Morgan fingerprint density at radius 1 is 1.39 bits per heavy atom. The molecule has 0 aromatic heterocycles. The van der Waals surface area contributed by atoms with Gasteiger partial charge in [-0.15, -0.1) is 0 Å². The third-order valence-corrected chi connectivity index (χ3v) is 3.03. The zero-order chi connectivity index (χ0) is 13.6. The van der Waals surface area contributed by atoms with Gasteiger partial charge >= 0.3 is 6.18 Å². The Kier molecular flexibility index (Phi) is 5.87. The second-order valence-electron chi connectivity index (χ2n) is 4.52. The third-order valence-electron chi connectivity index (χ3n) is 3.03. The molecule has 0 aromatic rings. The van der Waals surface area contributed by atoms with Crippen LogP contribution in [-0.4, -0.2) is 54.4 Å². The zero-order valence-electron chi connectivity index (χ0n) is 10.2. The van der Waals surface area contributed by atoms with Gasteiger partial charge in [0.15, 0.2) is 0 Å². The van der Waals surface area contributed by atoms with Gasteiger partial charge < -0.3 is 10.4 Å². The molecule has 18 heavy (non-hydrogen) atoms. The summed E-state index contributed by atoms with van der Waals surface area (Å²) in [7, 11) is 0. The van der Waals surface area contributed by atoms with Crippen LogP contribution in [-0.2, 0) is 4.79 Å². The van der Waals surface area contributed by atoms with Crippen LogP contribution < -0.4 is 5.32 Å². The van der Waals surface area contributed by atoms with E-state index in [1.165, 1.54) is 0 Å². The van der Waals surface area contributed by atoms with Gasteiger partial charge in [-0.05, 0) is 19.3 Å². The number of nitrogens with one attached hydrogen (secondary N) is 1. The molecule has 0 unspecified atom stereocenters. The number of aliphatic hydroxyl groups excluding tert-OH is 1. The highest BCUT2D eigenvalue weighted by atomic mass is 19.4. The maximum absolute atomic E-state index is 11.9. The van der Waals surface area contributed by atoms with E-state index >= 15 is 0 Å². The number of carbonyl (C=O) groups excluding carboxylic acids is 1. The second kappa shape index (κ2) is 6.94. The van der Waals surface area contributed by atoms with E-state index in [0.29, 0.717) is 13.0 Å². The molecule has 0 aromatic carbocycles. The lowest BCUT2D eigenvalue weighted by atomic mass is 9.91. The van der Waals surface area contributed by atoms with Crippen LogP contribution in [0.15, 0.2) is 0 Å². The Balaban J connectivity index is 2.32. The lowest BCUT2D eigenvalue weighted by Crippen LogP contribution is -2.47. The minimum atomic E-state index is -4.37. The van der Waals surface area contributed by atoms with Gasteiger partial charge in [0.1, 0.15) is 6.54 Å². The van der Waals surface area contributed by atoms with Crippen LogP contribution in [0.5, 0.6) is 0 Å². The molecule has 0 bridgehead atoms. The minimum Gasteiger partial charge on any atom is -0.396 e. The summed E-state index contributed by atoms with van der Waals surface area (Å²) in [5.74, 6) is -0.614. The normalized spacial score (nSPS) is 16.7. The zero-order valence-corrected chi connectivity index (χ0v) is 10.2. The second-order valence-corrected chi connectivity index (χ2v) is 4.52. The van der Waals surface area contributed by atoms with Crippen molar-refractivity contribution in [3.05, 3.63) is 0 Å². The Hall–Kier alpha value is -0.820. The van der Waals surface area contributed by atoms with Crippen LogP contribution in [0.1, 0.15) is 25.7 Å². The van der Waals surface area contributed by atoms with E-state index in [1.54, 1.807) is 0 Å².